The molecule has 0 fully saturated rings. The molecule has 0 spiro atoms. The summed E-state index contributed by atoms with van der Waals surface area (Å²) in [5.41, 5.74) is 19.3. The Hall–Kier alpha value is -4.29. The summed E-state index contributed by atoms with van der Waals surface area (Å²) < 4.78 is 76.7. The number of hydrogen-bond donors (Lipinski definition) is 0. The molecule has 6 aromatic rings. The summed E-state index contributed by atoms with van der Waals surface area (Å²) in [7, 11) is 0. The molecule has 8 rings (SSSR count). The Kier molecular flexibility index (Phi) is 18.5. The minimum atomic E-state index is -4.49. The number of rotatable bonds is 6. The van der Waals surface area contributed by atoms with Gasteiger partial charge >= 0.3 is 137 Å². The summed E-state index contributed by atoms with van der Waals surface area (Å²) in [5, 5.41) is 0. The van der Waals surface area contributed by atoms with Crippen molar-refractivity contribution in [2.45, 2.75) is 101 Å². The van der Waals surface area contributed by atoms with E-state index in [1.54, 1.807) is 0 Å². The second-order valence-corrected chi connectivity index (χ2v) is 19.7. The molecule has 2 aliphatic rings. The fourth-order valence-corrected chi connectivity index (χ4v) is 9.75. The Morgan fingerprint density at radius 2 is 1.12 bits per heavy atom. The topological polar surface area (TPSA) is 0 Å². The van der Waals surface area contributed by atoms with E-state index in [4.69, 9.17) is 0 Å². The molecule has 0 amide bonds. The van der Waals surface area contributed by atoms with Crippen LogP contribution in [-0.4, -0.2) is 3.21 Å². The fraction of sp³-hybridized carbons (Fsp3) is 0.293. The second-order valence-electron chi connectivity index (χ2n) is 18.5. The van der Waals surface area contributed by atoms with Crippen LogP contribution in [0.25, 0.3) is 33.4 Å². The normalized spacial score (nSPS) is 13.8. The zero-order valence-corrected chi connectivity index (χ0v) is 43.8. The van der Waals surface area contributed by atoms with E-state index in [1.165, 1.54) is 121 Å². The predicted molar refractivity (Wildman–Crippen MR) is 267 cm³/mol. The summed E-state index contributed by atoms with van der Waals surface area (Å²) in [5.74, 6) is 0.587. The van der Waals surface area contributed by atoms with Crippen LogP contribution in [0.5, 0.6) is 0 Å². The Bertz CT molecular complexity index is 2590. The number of aryl methyl sites for hydroxylation is 6. The molecule has 6 aromatic carbocycles. The van der Waals surface area contributed by atoms with Crippen LogP contribution in [0, 0.1) is 65.0 Å². The van der Waals surface area contributed by atoms with Gasteiger partial charge in [-0.25, -0.2) is 6.08 Å². The van der Waals surface area contributed by atoms with Crippen LogP contribution < -0.4 is 0 Å². The van der Waals surface area contributed by atoms with Crippen LogP contribution in [0.15, 0.2) is 121 Å². The van der Waals surface area contributed by atoms with Gasteiger partial charge < -0.3 is 0 Å². The molecule has 0 radical (unpaired) electrons. The Morgan fingerprint density at radius 1 is 0.627 bits per heavy atom. The van der Waals surface area contributed by atoms with Crippen LogP contribution in [0.2, 0.25) is 0 Å². The van der Waals surface area contributed by atoms with Crippen LogP contribution in [0.3, 0.4) is 0 Å². The maximum atomic E-state index is 12.7. The first-order valence-corrected chi connectivity index (χ1v) is 23.3. The van der Waals surface area contributed by atoms with Crippen molar-refractivity contribution in [1.82, 2.24) is 0 Å². The molecule has 1 atom stereocenters. The molecule has 0 N–H and O–H groups in total. The van der Waals surface area contributed by atoms with Gasteiger partial charge in [-0.1, -0.05) is 133 Å². The summed E-state index contributed by atoms with van der Waals surface area (Å²) in [4.78, 5) is 0. The molecule has 0 saturated carbocycles. The molecule has 0 bridgehead atoms. The van der Waals surface area contributed by atoms with Gasteiger partial charge in [0.15, 0.2) is 0 Å². The van der Waals surface area contributed by atoms with Gasteiger partial charge in [-0.2, -0.15) is 11.6 Å². The van der Waals surface area contributed by atoms with Crippen molar-refractivity contribution in [3.63, 3.8) is 0 Å². The molecule has 2 aliphatic carbocycles. The van der Waals surface area contributed by atoms with E-state index < -0.39 is 23.5 Å². The van der Waals surface area contributed by atoms with E-state index in [9.17, 15) is 26.3 Å². The van der Waals surface area contributed by atoms with E-state index in [0.717, 1.165) is 54.9 Å². The first kappa shape index (κ1) is 55.3. The average Bonchev–Trinajstić information content (AvgIpc) is 3.85. The van der Waals surface area contributed by atoms with E-state index in [1.807, 2.05) is 0 Å². The van der Waals surface area contributed by atoms with Crippen LogP contribution in [-0.2, 0) is 43.0 Å². The Labute approximate surface area is 421 Å². The van der Waals surface area contributed by atoms with Crippen LogP contribution >= 0.6 is 24.8 Å². The molecule has 0 saturated heterocycles. The van der Waals surface area contributed by atoms with Crippen molar-refractivity contribution in [2.24, 2.45) is 11.3 Å². The van der Waals surface area contributed by atoms with Gasteiger partial charge in [-0.3, -0.25) is 6.08 Å². The number of halogens is 8. The van der Waals surface area contributed by atoms with Gasteiger partial charge in [0.2, 0.25) is 0 Å². The number of alkyl halides is 6. The van der Waals surface area contributed by atoms with Gasteiger partial charge in [0.05, 0.1) is 0 Å². The zero-order valence-electron chi connectivity index (χ0n) is 39.8. The van der Waals surface area contributed by atoms with Crippen molar-refractivity contribution in [2.75, 3.05) is 0 Å². The fourth-order valence-electron chi connectivity index (χ4n) is 8.99. The standard InChI is InChI=1S/C31H29.C15H8F6.C12H19.2ClH.Zr/c1-18-11-20(3)30(21(4)12-18)24-7-9-28-26(15-24)17-27-16-25(8-10-29(27)28)31-22(5)13-19(2)14-23(31)6;16-14(17,18)12-5-1-3-10(8-12)7-11-4-2-6-13(9-11)15(19,20)21;1-5-6-10-7-8-11(9-10)12(2,3)4;;;/h7-15H,17H2,1-6H3;1-6,8-9H;8-10H,5-6H2,1-4H3;2*1H;/q-1;;-1;;;+2. The van der Waals surface area contributed by atoms with E-state index >= 15 is 0 Å². The molecule has 350 valence electrons. The van der Waals surface area contributed by atoms with E-state index in [-0.39, 0.29) is 35.9 Å². The zero-order chi connectivity index (χ0) is 47.6. The third-order valence-corrected chi connectivity index (χ3v) is 13.4. The third-order valence-electron chi connectivity index (χ3n) is 12.0. The summed E-state index contributed by atoms with van der Waals surface area (Å²) in [6.45, 7) is 22.2. The minimum absolute atomic E-state index is 0. The van der Waals surface area contributed by atoms with Crippen molar-refractivity contribution in [1.29, 1.82) is 0 Å². The summed E-state index contributed by atoms with van der Waals surface area (Å²) in [6, 6.07) is 33.6. The van der Waals surface area contributed by atoms with Crippen molar-refractivity contribution >= 4 is 28.0 Å². The quantitative estimate of drug-likeness (QED) is 0.115. The maximum absolute atomic E-state index is 12.7. The van der Waals surface area contributed by atoms with Gasteiger partial charge in [-0.15, -0.1) is 54.1 Å². The van der Waals surface area contributed by atoms with E-state index in [2.05, 4.69) is 148 Å². The van der Waals surface area contributed by atoms with Crippen LogP contribution in [0.4, 0.5) is 26.3 Å². The molecular formula is C58H58Cl2F6Zr. The molecule has 1 unspecified atom stereocenters. The number of allylic oxidation sites excluding steroid dienone is 4. The molecular weight excluding hydrogens is 973 g/mol. The first-order chi connectivity index (χ1) is 30.4. The monoisotopic (exact) mass is 1030 g/mol. The van der Waals surface area contributed by atoms with Crippen molar-refractivity contribution in [3.05, 3.63) is 200 Å². The molecule has 0 aromatic heterocycles. The SMILES string of the molecule is CCCC1[C-]=CC(C(C)(C)C)=C1.Cc1cc(C)c(-c2[c-]c3c(cc2)-c2ccc(-c4c(C)cc(C)cc4C)cc2C3)c(C)c1.Cl.Cl.FC(F)(F)c1cccc([C](=[Zr+2])c2cccc(C(F)(F)F)c2)c1. The third kappa shape index (κ3) is 13.5. The second kappa shape index (κ2) is 22.4. The van der Waals surface area contributed by atoms with Crippen LogP contribution in [0.1, 0.15) is 107 Å². The summed E-state index contributed by atoms with van der Waals surface area (Å²) >= 11 is 0.729. The van der Waals surface area contributed by atoms with Crippen molar-refractivity contribution < 1.29 is 50.6 Å². The van der Waals surface area contributed by atoms with Gasteiger partial charge in [-0.05, 0) is 75.8 Å². The molecule has 0 heterocycles. The van der Waals surface area contributed by atoms with Gasteiger partial charge in [0.1, 0.15) is 0 Å². The van der Waals surface area contributed by atoms with E-state index in [0.29, 0.717) is 14.5 Å². The molecule has 0 aliphatic heterocycles. The molecule has 67 heavy (non-hydrogen) atoms. The summed E-state index contributed by atoms with van der Waals surface area (Å²) in [6.07, 6.45) is 2.41. The number of fused-ring (bicyclic) bond motifs is 3. The Balaban J connectivity index is 0.000000238. The van der Waals surface area contributed by atoms with Gasteiger partial charge in [0.25, 0.3) is 0 Å². The number of hydrogen-bond acceptors (Lipinski definition) is 0. The average molecular weight is 1030 g/mol. The van der Waals surface area contributed by atoms with Gasteiger partial charge in [0, 0.05) is 0 Å². The van der Waals surface area contributed by atoms with Crippen molar-refractivity contribution in [3.8, 4) is 33.4 Å². The predicted octanol–water partition coefficient (Wildman–Crippen LogP) is 17.7. The first-order valence-electron chi connectivity index (χ1n) is 22.0. The molecule has 9 heteroatoms. The Morgan fingerprint density at radius 3 is 1.58 bits per heavy atom. The number of benzene rings is 6. The molecule has 0 nitrogen and oxygen atoms in total.